The number of carboxylic acid groups (broad SMARTS) is 1. The van der Waals surface area contributed by atoms with Crippen molar-refractivity contribution < 1.29 is 23.2 Å². The van der Waals surface area contributed by atoms with Crippen LogP contribution in [0.25, 0.3) is 0 Å². The number of nitrogens with one attached hydrogen (secondary N) is 1. The van der Waals surface area contributed by atoms with E-state index in [4.69, 9.17) is 0 Å². The molecule has 0 fully saturated rings. The molecule has 6 heteroatoms. The molecule has 0 aliphatic carbocycles. The molecule has 0 amide bonds. The topological polar surface area (TPSA) is 78.7 Å². The van der Waals surface area contributed by atoms with Gasteiger partial charge in [-0.05, 0) is 0 Å². The van der Waals surface area contributed by atoms with E-state index in [-0.39, 0.29) is 5.75 Å². The van der Waals surface area contributed by atoms with Crippen LogP contribution in [-0.4, -0.2) is 46.5 Å². The second-order valence-corrected chi connectivity index (χ2v) is 5.11. The van der Waals surface area contributed by atoms with Gasteiger partial charge in [0.15, 0.2) is 9.84 Å². The third-order valence-electron chi connectivity index (χ3n) is 1.25. The van der Waals surface area contributed by atoms with E-state index in [1.54, 1.807) is 14.1 Å². The third-order valence-corrected chi connectivity index (χ3v) is 2.75. The molecule has 0 bridgehead atoms. The lowest BCUT2D eigenvalue weighted by Gasteiger charge is -2.07. The van der Waals surface area contributed by atoms with Crippen molar-refractivity contribution in [2.24, 2.45) is 0 Å². The molecule has 0 unspecified atom stereocenters. The number of hydrogen-bond acceptors (Lipinski definition) is 4. The van der Waals surface area contributed by atoms with E-state index < -0.39 is 21.6 Å². The first-order valence-corrected chi connectivity index (χ1v) is 5.35. The maximum absolute atomic E-state index is 10.9. The number of rotatable bonds is 5. The molecular weight excluding hydrogens is 182 g/mol. The SMILES string of the molecule is C[NH+](C)CCS(=O)(=O)CC(=O)[O-]. The monoisotopic (exact) mass is 195 g/mol. The minimum atomic E-state index is -3.46. The summed E-state index contributed by atoms with van der Waals surface area (Å²) in [6, 6.07) is 0. The first kappa shape index (κ1) is 11.4. The van der Waals surface area contributed by atoms with Crippen LogP contribution in [0.5, 0.6) is 0 Å². The van der Waals surface area contributed by atoms with Gasteiger partial charge >= 0.3 is 0 Å². The van der Waals surface area contributed by atoms with Crippen molar-refractivity contribution in [1.82, 2.24) is 0 Å². The summed E-state index contributed by atoms with van der Waals surface area (Å²) in [5.41, 5.74) is 0. The standard InChI is InChI=1S/C6H13NO4S/c1-7(2)3-4-12(10,11)5-6(8)9/h3-5H2,1-2H3,(H,8,9). The Balaban J connectivity index is 3.98. The van der Waals surface area contributed by atoms with Gasteiger partial charge in [0.1, 0.15) is 0 Å². The van der Waals surface area contributed by atoms with Crippen LogP contribution in [0.15, 0.2) is 0 Å². The highest BCUT2D eigenvalue weighted by atomic mass is 32.2. The van der Waals surface area contributed by atoms with E-state index in [2.05, 4.69) is 0 Å². The third kappa shape index (κ3) is 6.11. The summed E-state index contributed by atoms with van der Waals surface area (Å²) in [5.74, 6) is -2.52. The Morgan fingerprint density at radius 2 is 1.92 bits per heavy atom. The molecule has 0 atom stereocenters. The molecule has 0 aliphatic rings. The summed E-state index contributed by atoms with van der Waals surface area (Å²) in [6.45, 7) is 0.412. The van der Waals surface area contributed by atoms with Crippen LogP contribution in [0.4, 0.5) is 0 Å². The molecule has 0 saturated heterocycles. The van der Waals surface area contributed by atoms with E-state index in [1.165, 1.54) is 0 Å². The summed E-state index contributed by atoms with van der Waals surface area (Å²) in [6.07, 6.45) is 0. The lowest BCUT2D eigenvalue weighted by atomic mass is 10.7. The van der Waals surface area contributed by atoms with E-state index in [0.717, 1.165) is 4.90 Å². The zero-order chi connectivity index (χ0) is 9.78. The number of hydrogen-bond donors (Lipinski definition) is 1. The molecule has 0 aromatic heterocycles. The van der Waals surface area contributed by atoms with Gasteiger partial charge in [-0.3, -0.25) is 0 Å². The van der Waals surface area contributed by atoms with Crippen molar-refractivity contribution in [1.29, 1.82) is 0 Å². The number of carbonyl (C=O) groups is 1. The molecule has 0 aromatic rings. The van der Waals surface area contributed by atoms with E-state index >= 15 is 0 Å². The highest BCUT2D eigenvalue weighted by Gasteiger charge is 2.12. The fraction of sp³-hybridized carbons (Fsp3) is 0.833. The average Bonchev–Trinajstić information content (AvgIpc) is 1.81. The van der Waals surface area contributed by atoms with E-state index in [9.17, 15) is 18.3 Å². The lowest BCUT2D eigenvalue weighted by Crippen LogP contribution is -3.06. The van der Waals surface area contributed by atoms with E-state index in [1.807, 2.05) is 0 Å². The Bertz CT molecular complexity index is 244. The van der Waals surface area contributed by atoms with Crippen molar-refractivity contribution in [3.05, 3.63) is 0 Å². The number of carbonyl (C=O) groups excluding carboxylic acids is 1. The minimum Gasteiger partial charge on any atom is -0.549 e. The summed E-state index contributed by atoms with van der Waals surface area (Å²) in [5, 5.41) is 9.96. The largest absolute Gasteiger partial charge is 0.549 e. The highest BCUT2D eigenvalue weighted by Crippen LogP contribution is 1.85. The molecule has 1 N–H and O–H groups in total. The fourth-order valence-electron chi connectivity index (χ4n) is 0.611. The van der Waals surface area contributed by atoms with Crippen molar-refractivity contribution in [3.63, 3.8) is 0 Å². The van der Waals surface area contributed by atoms with Gasteiger partial charge < -0.3 is 14.8 Å². The molecule has 0 aromatic carbocycles. The molecule has 12 heavy (non-hydrogen) atoms. The van der Waals surface area contributed by atoms with Crippen molar-refractivity contribution in [2.45, 2.75) is 0 Å². The van der Waals surface area contributed by atoms with Crippen LogP contribution in [0.2, 0.25) is 0 Å². The van der Waals surface area contributed by atoms with Gasteiger partial charge in [0.2, 0.25) is 0 Å². The quantitative estimate of drug-likeness (QED) is 0.489. The Kier molecular flexibility index (Phi) is 4.19. The van der Waals surface area contributed by atoms with Crippen molar-refractivity contribution in [2.75, 3.05) is 32.1 Å². The smallest absolute Gasteiger partial charge is 0.161 e. The molecule has 0 heterocycles. The van der Waals surface area contributed by atoms with Crippen LogP contribution in [0.1, 0.15) is 0 Å². The zero-order valence-electron chi connectivity index (χ0n) is 7.16. The zero-order valence-corrected chi connectivity index (χ0v) is 7.98. The molecule has 0 saturated carbocycles. The number of sulfone groups is 1. The maximum Gasteiger partial charge on any atom is 0.161 e. The van der Waals surface area contributed by atoms with Crippen LogP contribution < -0.4 is 10.0 Å². The number of aliphatic carboxylic acids is 1. The Morgan fingerprint density at radius 3 is 2.25 bits per heavy atom. The molecule has 5 nitrogen and oxygen atoms in total. The average molecular weight is 195 g/mol. The van der Waals surface area contributed by atoms with Crippen molar-refractivity contribution >= 4 is 15.8 Å². The second-order valence-electron chi connectivity index (χ2n) is 2.92. The highest BCUT2D eigenvalue weighted by molar-refractivity contribution is 7.92. The maximum atomic E-state index is 10.9. The van der Waals surface area contributed by atoms with Crippen LogP contribution in [0.3, 0.4) is 0 Å². The predicted molar refractivity (Wildman–Crippen MR) is 41.3 cm³/mol. The predicted octanol–water partition coefficient (Wildman–Crippen LogP) is -3.70. The number of carboxylic acids is 1. The first-order chi connectivity index (χ1) is 5.33. The van der Waals surface area contributed by atoms with Gasteiger partial charge in [-0.1, -0.05) is 0 Å². The van der Waals surface area contributed by atoms with E-state index in [0.29, 0.717) is 6.54 Å². The summed E-state index contributed by atoms with van der Waals surface area (Å²) in [7, 11) is 0.141. The fourth-order valence-corrected chi connectivity index (χ4v) is 1.83. The second kappa shape index (κ2) is 4.42. The van der Waals surface area contributed by atoms with Gasteiger partial charge in [0.25, 0.3) is 0 Å². The van der Waals surface area contributed by atoms with Crippen LogP contribution in [-0.2, 0) is 14.6 Å². The Morgan fingerprint density at radius 1 is 1.42 bits per heavy atom. The van der Waals surface area contributed by atoms with Gasteiger partial charge in [-0.25, -0.2) is 8.42 Å². The first-order valence-electron chi connectivity index (χ1n) is 3.53. The van der Waals surface area contributed by atoms with Gasteiger partial charge in [-0.2, -0.15) is 0 Å². The normalized spacial score (nSPS) is 11.9. The number of quaternary nitrogens is 1. The molecule has 72 valence electrons. The molecule has 0 aliphatic heterocycles. The molecule has 0 radical (unpaired) electrons. The summed E-state index contributed by atoms with van der Waals surface area (Å²) < 4.78 is 21.8. The lowest BCUT2D eigenvalue weighted by molar-refractivity contribution is -0.855. The van der Waals surface area contributed by atoms with Crippen LogP contribution in [0, 0.1) is 0 Å². The summed E-state index contributed by atoms with van der Waals surface area (Å²) >= 11 is 0. The van der Waals surface area contributed by atoms with Gasteiger partial charge in [0.05, 0.1) is 38.1 Å². The van der Waals surface area contributed by atoms with Crippen LogP contribution >= 0.6 is 0 Å². The van der Waals surface area contributed by atoms with Gasteiger partial charge in [-0.15, -0.1) is 0 Å². The van der Waals surface area contributed by atoms with Crippen molar-refractivity contribution in [3.8, 4) is 0 Å². The Labute approximate surface area is 71.9 Å². The molecule has 0 spiro atoms. The van der Waals surface area contributed by atoms with Gasteiger partial charge in [0, 0.05) is 0 Å². The Hall–Kier alpha value is -0.620. The summed E-state index contributed by atoms with van der Waals surface area (Å²) in [4.78, 5) is 10.9. The minimum absolute atomic E-state index is 0.108. The molecular formula is C6H13NO4S. The molecule has 0 rings (SSSR count).